The lowest BCUT2D eigenvalue weighted by Crippen LogP contribution is -2.45. The summed E-state index contributed by atoms with van der Waals surface area (Å²) in [4.78, 5) is 2.50. The van der Waals surface area contributed by atoms with Crippen LogP contribution in [-0.4, -0.2) is 37.2 Å². The zero-order chi connectivity index (χ0) is 14.8. The lowest BCUT2D eigenvalue weighted by atomic mass is 9.92. The number of fused-ring (bicyclic) bond motifs is 1. The molecule has 0 aromatic heterocycles. The van der Waals surface area contributed by atoms with Crippen LogP contribution in [0.15, 0.2) is 16.6 Å². The highest BCUT2D eigenvalue weighted by molar-refractivity contribution is 9.10. The first kappa shape index (κ1) is 15.1. The topological polar surface area (TPSA) is 47.7 Å². The standard InChI is InChI=1S/C16H23BrN2O2/c1-11-2-3-19(13(6-11)9-18)10-12-7-15-16(8-14(12)17)21-5-4-20-15/h7-8,11,13H,2-6,9-10,18H2,1H3. The fourth-order valence-electron chi connectivity index (χ4n) is 3.20. The number of rotatable bonds is 3. The van der Waals surface area contributed by atoms with Gasteiger partial charge in [0.1, 0.15) is 13.2 Å². The molecule has 2 N–H and O–H groups in total. The van der Waals surface area contributed by atoms with Crippen molar-refractivity contribution in [2.24, 2.45) is 11.7 Å². The second-order valence-electron chi connectivity index (χ2n) is 6.08. The highest BCUT2D eigenvalue weighted by Crippen LogP contribution is 2.36. The van der Waals surface area contributed by atoms with Crippen LogP contribution < -0.4 is 15.2 Å². The molecule has 0 aliphatic carbocycles. The first-order chi connectivity index (χ1) is 10.2. The molecule has 0 radical (unpaired) electrons. The summed E-state index contributed by atoms with van der Waals surface area (Å²) in [5.74, 6) is 2.46. The van der Waals surface area contributed by atoms with Crippen LogP contribution in [-0.2, 0) is 6.54 Å². The number of hydrogen-bond acceptors (Lipinski definition) is 4. The van der Waals surface area contributed by atoms with E-state index in [0.29, 0.717) is 19.3 Å². The maximum atomic E-state index is 5.96. The second-order valence-corrected chi connectivity index (χ2v) is 6.93. The van der Waals surface area contributed by atoms with Crippen molar-refractivity contribution in [3.63, 3.8) is 0 Å². The van der Waals surface area contributed by atoms with Crippen molar-refractivity contribution in [3.05, 3.63) is 22.2 Å². The van der Waals surface area contributed by atoms with Crippen molar-refractivity contribution >= 4 is 15.9 Å². The monoisotopic (exact) mass is 354 g/mol. The molecule has 2 aliphatic heterocycles. The fraction of sp³-hybridized carbons (Fsp3) is 0.625. The summed E-state index contributed by atoms with van der Waals surface area (Å²) in [7, 11) is 0. The minimum absolute atomic E-state index is 0.480. The lowest BCUT2D eigenvalue weighted by molar-refractivity contribution is 0.114. The minimum atomic E-state index is 0.480. The quantitative estimate of drug-likeness (QED) is 0.906. The van der Waals surface area contributed by atoms with Crippen molar-refractivity contribution in [2.45, 2.75) is 32.4 Å². The van der Waals surface area contributed by atoms with Gasteiger partial charge in [-0.2, -0.15) is 0 Å². The molecule has 3 rings (SSSR count). The Morgan fingerprint density at radius 2 is 2.00 bits per heavy atom. The Morgan fingerprint density at radius 1 is 1.29 bits per heavy atom. The third-order valence-electron chi connectivity index (χ3n) is 4.46. The van der Waals surface area contributed by atoms with E-state index >= 15 is 0 Å². The van der Waals surface area contributed by atoms with Crippen molar-refractivity contribution in [3.8, 4) is 11.5 Å². The number of halogens is 1. The Labute approximate surface area is 134 Å². The average Bonchev–Trinajstić information content (AvgIpc) is 2.49. The Hall–Kier alpha value is -0.780. The third-order valence-corrected chi connectivity index (χ3v) is 5.19. The predicted octanol–water partition coefficient (Wildman–Crippen LogP) is 2.78. The molecule has 5 heteroatoms. The van der Waals surface area contributed by atoms with Gasteiger partial charge in [-0.25, -0.2) is 0 Å². The third kappa shape index (κ3) is 3.35. The van der Waals surface area contributed by atoms with Gasteiger partial charge in [0.25, 0.3) is 0 Å². The van der Waals surface area contributed by atoms with Crippen LogP contribution in [0.5, 0.6) is 11.5 Å². The maximum Gasteiger partial charge on any atom is 0.162 e. The summed E-state index contributed by atoms with van der Waals surface area (Å²) >= 11 is 3.66. The molecule has 0 saturated carbocycles. The molecule has 1 saturated heterocycles. The van der Waals surface area contributed by atoms with Gasteiger partial charge in [0.05, 0.1) is 0 Å². The van der Waals surface area contributed by atoms with E-state index in [4.69, 9.17) is 15.2 Å². The molecule has 21 heavy (non-hydrogen) atoms. The van der Waals surface area contributed by atoms with E-state index in [1.165, 1.54) is 18.4 Å². The smallest absolute Gasteiger partial charge is 0.162 e. The van der Waals surface area contributed by atoms with Crippen molar-refractivity contribution in [1.82, 2.24) is 4.90 Å². The average molecular weight is 355 g/mol. The number of benzene rings is 1. The van der Waals surface area contributed by atoms with Crippen molar-refractivity contribution < 1.29 is 9.47 Å². The zero-order valence-corrected chi connectivity index (χ0v) is 14.1. The summed E-state index contributed by atoms with van der Waals surface area (Å²) in [5, 5.41) is 0. The van der Waals surface area contributed by atoms with Gasteiger partial charge >= 0.3 is 0 Å². The Bertz CT molecular complexity index is 509. The van der Waals surface area contributed by atoms with Crippen LogP contribution in [0.25, 0.3) is 0 Å². The summed E-state index contributed by atoms with van der Waals surface area (Å²) in [6.07, 6.45) is 2.44. The molecule has 2 atom stereocenters. The van der Waals surface area contributed by atoms with E-state index in [1.807, 2.05) is 6.07 Å². The first-order valence-corrected chi connectivity index (χ1v) is 8.49. The summed E-state index contributed by atoms with van der Waals surface area (Å²) in [6.45, 7) is 6.32. The summed E-state index contributed by atoms with van der Waals surface area (Å²) < 4.78 is 12.4. The molecule has 1 aromatic carbocycles. The van der Waals surface area contributed by atoms with Crippen LogP contribution >= 0.6 is 15.9 Å². The summed E-state index contributed by atoms with van der Waals surface area (Å²) in [6, 6.07) is 4.60. The molecule has 2 unspecified atom stereocenters. The Morgan fingerprint density at radius 3 is 2.71 bits per heavy atom. The first-order valence-electron chi connectivity index (χ1n) is 7.69. The Kier molecular flexibility index (Phi) is 4.72. The number of nitrogens with zero attached hydrogens (tertiary/aromatic N) is 1. The Balaban J connectivity index is 1.77. The molecule has 1 aromatic rings. The normalized spacial score (nSPS) is 25.9. The van der Waals surface area contributed by atoms with E-state index < -0.39 is 0 Å². The van der Waals surface area contributed by atoms with Gasteiger partial charge < -0.3 is 15.2 Å². The van der Waals surface area contributed by atoms with Crippen molar-refractivity contribution in [2.75, 3.05) is 26.3 Å². The zero-order valence-electron chi connectivity index (χ0n) is 12.5. The van der Waals surface area contributed by atoms with Crippen LogP contribution in [0, 0.1) is 5.92 Å². The molecule has 116 valence electrons. The molecule has 0 amide bonds. The largest absolute Gasteiger partial charge is 0.486 e. The van der Waals surface area contributed by atoms with Gasteiger partial charge in [-0.1, -0.05) is 22.9 Å². The van der Waals surface area contributed by atoms with E-state index in [9.17, 15) is 0 Å². The predicted molar refractivity (Wildman–Crippen MR) is 86.8 cm³/mol. The van der Waals surface area contributed by atoms with E-state index in [-0.39, 0.29) is 0 Å². The number of hydrogen-bond donors (Lipinski definition) is 1. The molecule has 2 aliphatic rings. The van der Waals surface area contributed by atoms with E-state index in [1.54, 1.807) is 0 Å². The number of nitrogens with two attached hydrogens (primary N) is 1. The van der Waals surface area contributed by atoms with Crippen LogP contribution in [0.4, 0.5) is 0 Å². The molecule has 0 spiro atoms. The van der Waals surface area contributed by atoms with Gasteiger partial charge in [0, 0.05) is 23.6 Å². The van der Waals surface area contributed by atoms with E-state index in [2.05, 4.69) is 33.8 Å². The molecule has 0 bridgehead atoms. The van der Waals surface area contributed by atoms with Gasteiger partial charge in [0.15, 0.2) is 11.5 Å². The van der Waals surface area contributed by atoms with E-state index in [0.717, 1.165) is 41.5 Å². The fourth-order valence-corrected chi connectivity index (χ4v) is 3.65. The second kappa shape index (κ2) is 6.55. The van der Waals surface area contributed by atoms with Crippen LogP contribution in [0.3, 0.4) is 0 Å². The SMILES string of the molecule is CC1CCN(Cc2cc3c(cc2Br)OCCO3)C(CN)C1. The molecular weight excluding hydrogens is 332 g/mol. The summed E-state index contributed by atoms with van der Waals surface area (Å²) in [5.41, 5.74) is 7.20. The van der Waals surface area contributed by atoms with Gasteiger partial charge in [-0.3, -0.25) is 4.90 Å². The highest BCUT2D eigenvalue weighted by atomic mass is 79.9. The van der Waals surface area contributed by atoms with Crippen LogP contribution in [0.2, 0.25) is 0 Å². The minimum Gasteiger partial charge on any atom is -0.486 e. The lowest BCUT2D eigenvalue weighted by Gasteiger charge is -2.38. The molecule has 2 heterocycles. The highest BCUT2D eigenvalue weighted by Gasteiger charge is 2.26. The van der Waals surface area contributed by atoms with Crippen molar-refractivity contribution in [1.29, 1.82) is 0 Å². The van der Waals surface area contributed by atoms with Gasteiger partial charge in [-0.15, -0.1) is 0 Å². The van der Waals surface area contributed by atoms with Crippen LogP contribution in [0.1, 0.15) is 25.3 Å². The molecule has 1 fully saturated rings. The van der Waals surface area contributed by atoms with Gasteiger partial charge in [0.2, 0.25) is 0 Å². The van der Waals surface area contributed by atoms with Gasteiger partial charge in [-0.05, 0) is 43.0 Å². The maximum absolute atomic E-state index is 5.96. The molecular formula is C16H23BrN2O2. The number of likely N-dealkylation sites (tertiary alicyclic amines) is 1. The number of ether oxygens (including phenoxy) is 2. The number of piperidine rings is 1. The molecule has 4 nitrogen and oxygen atoms in total.